The molecule has 2 heterocycles. The van der Waals surface area contributed by atoms with Crippen molar-refractivity contribution in [3.8, 4) is 22.6 Å². The molecule has 10 heteroatoms. The number of halogens is 1. The number of methoxy groups -OCH3 is 2. The topological polar surface area (TPSA) is 101 Å². The monoisotopic (exact) mass is 473 g/mol. The molecule has 0 bridgehead atoms. The minimum atomic E-state index is -3.48. The summed E-state index contributed by atoms with van der Waals surface area (Å²) in [6, 6.07) is 12.2. The van der Waals surface area contributed by atoms with Gasteiger partial charge in [-0.15, -0.1) is 0 Å². The maximum absolute atomic E-state index is 14.5. The molecule has 0 saturated carbocycles. The molecule has 2 atom stereocenters. The Bertz CT molecular complexity index is 1280. The van der Waals surface area contributed by atoms with Gasteiger partial charge in [-0.3, -0.25) is 0 Å². The van der Waals surface area contributed by atoms with Crippen molar-refractivity contribution in [1.82, 2.24) is 4.98 Å². The van der Waals surface area contributed by atoms with Crippen LogP contribution in [0.25, 0.3) is 11.1 Å². The number of hydrogen-bond acceptors (Lipinski definition) is 8. The van der Waals surface area contributed by atoms with E-state index in [1.54, 1.807) is 42.5 Å². The van der Waals surface area contributed by atoms with Crippen LogP contribution in [-0.2, 0) is 9.84 Å². The lowest BCUT2D eigenvalue weighted by Crippen LogP contribution is -2.41. The van der Waals surface area contributed by atoms with E-state index in [4.69, 9.17) is 9.47 Å². The highest BCUT2D eigenvalue weighted by Crippen LogP contribution is 2.45. The molecule has 33 heavy (non-hydrogen) atoms. The number of sulfone groups is 1. The zero-order chi connectivity index (χ0) is 23.8. The highest BCUT2D eigenvalue weighted by atomic mass is 32.2. The molecule has 0 radical (unpaired) electrons. The molecule has 2 N–H and O–H groups in total. The van der Waals surface area contributed by atoms with E-state index in [0.29, 0.717) is 39.7 Å². The second kappa shape index (κ2) is 8.87. The smallest absolute Gasteiger partial charge is 0.207 e. The highest BCUT2D eigenvalue weighted by molar-refractivity contribution is 7.90. The number of fused-ring (bicyclic) bond motifs is 1. The van der Waals surface area contributed by atoms with Crippen molar-refractivity contribution >= 4 is 21.3 Å². The third-order valence-electron chi connectivity index (χ3n) is 5.47. The molecule has 1 aliphatic rings. The predicted octanol–water partition coefficient (Wildman–Crippen LogP) is 3.20. The van der Waals surface area contributed by atoms with Gasteiger partial charge < -0.3 is 24.8 Å². The van der Waals surface area contributed by atoms with Crippen molar-refractivity contribution in [1.29, 1.82) is 0 Å². The normalized spacial score (nSPS) is 16.2. The van der Waals surface area contributed by atoms with Gasteiger partial charge in [-0.2, -0.15) is 0 Å². The standard InChI is InChI=1S/C23H24FN3O5S/c1-31-19-9-8-14(12-20(19)32-2)18(13-33(3,29)30)27-22-21(26-23(27)28)16(10-11-25-22)15-6-4-5-7-17(15)24/h4-12,18,23,26,28H,13H2,1-3H3. The lowest BCUT2D eigenvalue weighted by atomic mass is 10.0. The maximum Gasteiger partial charge on any atom is 0.207 e. The lowest BCUT2D eigenvalue weighted by Gasteiger charge is -2.31. The van der Waals surface area contributed by atoms with Crippen LogP contribution in [0.1, 0.15) is 11.6 Å². The summed E-state index contributed by atoms with van der Waals surface area (Å²) in [5.74, 6) is 0.495. The van der Waals surface area contributed by atoms with Gasteiger partial charge in [-0.1, -0.05) is 24.3 Å². The fourth-order valence-electron chi connectivity index (χ4n) is 4.01. The Balaban J connectivity index is 1.85. The molecule has 0 amide bonds. The molecular weight excluding hydrogens is 449 g/mol. The van der Waals surface area contributed by atoms with Crippen molar-refractivity contribution in [2.45, 2.75) is 12.4 Å². The van der Waals surface area contributed by atoms with Crippen molar-refractivity contribution in [3.63, 3.8) is 0 Å². The van der Waals surface area contributed by atoms with Gasteiger partial charge in [0.05, 0.1) is 31.7 Å². The quantitative estimate of drug-likeness (QED) is 0.540. The van der Waals surface area contributed by atoms with Crippen molar-refractivity contribution in [2.24, 2.45) is 0 Å². The second-order valence-electron chi connectivity index (χ2n) is 7.68. The SMILES string of the molecule is COc1ccc(C(CS(C)(=O)=O)N2c3nccc(-c4ccccc4F)c3NC2O)cc1OC. The molecule has 0 aliphatic carbocycles. The Kier molecular flexibility index (Phi) is 6.13. The summed E-state index contributed by atoms with van der Waals surface area (Å²) in [6.45, 7) is 0. The molecule has 1 aliphatic heterocycles. The van der Waals surface area contributed by atoms with Crippen molar-refractivity contribution in [2.75, 3.05) is 36.4 Å². The molecule has 2 unspecified atom stereocenters. The van der Waals surface area contributed by atoms with Crippen LogP contribution in [0.2, 0.25) is 0 Å². The number of aliphatic hydroxyl groups is 1. The maximum atomic E-state index is 14.5. The zero-order valence-electron chi connectivity index (χ0n) is 18.3. The van der Waals surface area contributed by atoms with Gasteiger partial charge in [-0.05, 0) is 29.8 Å². The number of hydrogen-bond donors (Lipinski definition) is 2. The Labute approximate surface area is 191 Å². The molecule has 0 saturated heterocycles. The third-order valence-corrected chi connectivity index (χ3v) is 6.39. The first-order valence-electron chi connectivity index (χ1n) is 10.1. The van der Waals surface area contributed by atoms with Gasteiger partial charge in [0.15, 0.2) is 17.3 Å². The molecular formula is C23H24FN3O5S. The van der Waals surface area contributed by atoms with Gasteiger partial charge in [0.25, 0.3) is 0 Å². The number of pyridine rings is 1. The first-order valence-corrected chi connectivity index (χ1v) is 12.2. The van der Waals surface area contributed by atoms with E-state index in [0.717, 1.165) is 6.26 Å². The largest absolute Gasteiger partial charge is 0.493 e. The fourth-order valence-corrected chi connectivity index (χ4v) is 4.94. The average Bonchev–Trinajstić information content (AvgIpc) is 3.12. The lowest BCUT2D eigenvalue weighted by molar-refractivity contribution is 0.194. The molecule has 4 rings (SSSR count). The van der Waals surface area contributed by atoms with Crippen molar-refractivity contribution in [3.05, 3.63) is 66.1 Å². The number of benzene rings is 2. The van der Waals surface area contributed by atoms with Crippen LogP contribution < -0.4 is 19.7 Å². The van der Waals surface area contributed by atoms with E-state index in [9.17, 15) is 17.9 Å². The zero-order valence-corrected chi connectivity index (χ0v) is 19.1. The minimum Gasteiger partial charge on any atom is -0.493 e. The highest BCUT2D eigenvalue weighted by Gasteiger charge is 2.38. The van der Waals surface area contributed by atoms with Gasteiger partial charge >= 0.3 is 0 Å². The molecule has 0 fully saturated rings. The summed E-state index contributed by atoms with van der Waals surface area (Å²) in [7, 11) is -0.492. The Morgan fingerprint density at radius 1 is 1.12 bits per heavy atom. The minimum absolute atomic E-state index is 0.299. The van der Waals surface area contributed by atoms with E-state index in [2.05, 4.69) is 10.3 Å². The molecule has 1 aromatic heterocycles. The first kappa shape index (κ1) is 22.8. The summed E-state index contributed by atoms with van der Waals surface area (Å²) >= 11 is 0. The summed E-state index contributed by atoms with van der Waals surface area (Å²) in [4.78, 5) is 5.86. The summed E-state index contributed by atoms with van der Waals surface area (Å²) in [5, 5.41) is 13.9. The van der Waals surface area contributed by atoms with E-state index >= 15 is 0 Å². The van der Waals surface area contributed by atoms with Crippen LogP contribution in [0.15, 0.2) is 54.7 Å². The number of aliphatic hydroxyl groups excluding tert-OH is 1. The van der Waals surface area contributed by atoms with Gasteiger partial charge in [0.2, 0.25) is 6.35 Å². The fraction of sp³-hybridized carbons (Fsp3) is 0.261. The van der Waals surface area contributed by atoms with E-state index < -0.39 is 28.0 Å². The average molecular weight is 474 g/mol. The Morgan fingerprint density at radius 2 is 1.85 bits per heavy atom. The van der Waals surface area contributed by atoms with Crippen LogP contribution in [0.5, 0.6) is 11.5 Å². The first-order chi connectivity index (χ1) is 15.7. The van der Waals surface area contributed by atoms with Gasteiger partial charge in [0, 0.05) is 23.6 Å². The number of aromatic nitrogens is 1. The second-order valence-corrected chi connectivity index (χ2v) is 9.87. The molecule has 3 aromatic rings. The number of ether oxygens (including phenoxy) is 2. The summed E-state index contributed by atoms with van der Waals surface area (Å²) < 4.78 is 49.9. The molecule has 174 valence electrons. The van der Waals surface area contributed by atoms with Gasteiger partial charge in [-0.25, -0.2) is 17.8 Å². The van der Waals surface area contributed by atoms with Crippen LogP contribution >= 0.6 is 0 Å². The summed E-state index contributed by atoms with van der Waals surface area (Å²) in [6.07, 6.45) is 1.33. The van der Waals surface area contributed by atoms with E-state index in [1.807, 2.05) is 0 Å². The Morgan fingerprint density at radius 3 is 2.52 bits per heavy atom. The molecule has 2 aromatic carbocycles. The van der Waals surface area contributed by atoms with Crippen LogP contribution in [0.3, 0.4) is 0 Å². The van der Waals surface area contributed by atoms with E-state index in [-0.39, 0.29) is 5.75 Å². The molecule has 8 nitrogen and oxygen atoms in total. The molecule has 0 spiro atoms. The van der Waals surface area contributed by atoms with Crippen LogP contribution in [-0.4, -0.2) is 51.1 Å². The Hall–Kier alpha value is -3.37. The summed E-state index contributed by atoms with van der Waals surface area (Å²) in [5.41, 5.74) is 1.83. The van der Waals surface area contributed by atoms with Crippen molar-refractivity contribution < 1.29 is 27.4 Å². The van der Waals surface area contributed by atoms with Gasteiger partial charge in [0.1, 0.15) is 15.7 Å². The predicted molar refractivity (Wildman–Crippen MR) is 124 cm³/mol. The third kappa shape index (κ3) is 4.44. The number of rotatable bonds is 7. The van der Waals surface area contributed by atoms with E-state index in [1.165, 1.54) is 31.4 Å². The number of nitrogens with zero attached hydrogens (tertiary/aromatic N) is 2. The van der Waals surface area contributed by atoms with Crippen LogP contribution in [0.4, 0.5) is 15.9 Å². The number of anilines is 2. The number of nitrogens with one attached hydrogen (secondary N) is 1. The van der Waals surface area contributed by atoms with Crippen LogP contribution in [0, 0.1) is 5.82 Å².